The van der Waals surface area contributed by atoms with Gasteiger partial charge in [0.2, 0.25) is 0 Å². The van der Waals surface area contributed by atoms with E-state index in [1.165, 1.54) is 0 Å². The molecule has 1 saturated heterocycles. The summed E-state index contributed by atoms with van der Waals surface area (Å²) in [6, 6.07) is 2.67. The van der Waals surface area contributed by atoms with E-state index in [0.29, 0.717) is 6.04 Å². The van der Waals surface area contributed by atoms with Crippen LogP contribution in [0.4, 0.5) is 5.82 Å². The molecule has 0 aliphatic carbocycles. The number of aryl methyl sites for hydroxylation is 1. The van der Waals surface area contributed by atoms with Gasteiger partial charge in [-0.2, -0.15) is 0 Å². The smallest absolute Gasteiger partial charge is 0.132 e. The summed E-state index contributed by atoms with van der Waals surface area (Å²) in [4.78, 5) is 11.0. The lowest BCUT2D eigenvalue weighted by molar-refractivity contribution is 0.482. The van der Waals surface area contributed by atoms with Gasteiger partial charge in [0, 0.05) is 37.4 Å². The van der Waals surface area contributed by atoms with Crippen LogP contribution in [0.3, 0.4) is 0 Å². The van der Waals surface area contributed by atoms with E-state index in [1.54, 1.807) is 6.33 Å². The lowest BCUT2D eigenvalue weighted by atomic mass is 10.2. The highest BCUT2D eigenvalue weighted by molar-refractivity contribution is 5.39. The molecular weight excluding hydrogens is 200 g/mol. The maximum Gasteiger partial charge on any atom is 0.132 e. The Bertz CT molecular complexity index is 340. The third-order valence-electron chi connectivity index (χ3n) is 2.91. The van der Waals surface area contributed by atoms with Crippen LogP contribution in [-0.2, 0) is 6.42 Å². The molecule has 88 valence electrons. The molecule has 16 heavy (non-hydrogen) atoms. The molecule has 0 saturated carbocycles. The second kappa shape index (κ2) is 5.25. The van der Waals surface area contributed by atoms with Gasteiger partial charge in [0.1, 0.15) is 12.1 Å². The van der Waals surface area contributed by atoms with Gasteiger partial charge in [-0.1, -0.05) is 13.3 Å². The van der Waals surface area contributed by atoms with Gasteiger partial charge >= 0.3 is 0 Å². The standard InChI is InChI=1S/C12H20N4/c1-3-4-11-7-12(15-9-14-11)16-6-5-13-10(2)8-16/h7,9-10,13H,3-6,8H2,1-2H3/t10-/m1/s1. The van der Waals surface area contributed by atoms with E-state index in [-0.39, 0.29) is 0 Å². The van der Waals surface area contributed by atoms with Crippen LogP contribution < -0.4 is 10.2 Å². The van der Waals surface area contributed by atoms with Crippen LogP contribution in [0, 0.1) is 0 Å². The van der Waals surface area contributed by atoms with Crippen molar-refractivity contribution in [2.75, 3.05) is 24.5 Å². The quantitative estimate of drug-likeness (QED) is 0.832. The third-order valence-corrected chi connectivity index (χ3v) is 2.91. The van der Waals surface area contributed by atoms with Crippen molar-refractivity contribution in [1.82, 2.24) is 15.3 Å². The van der Waals surface area contributed by atoms with Crippen molar-refractivity contribution in [3.8, 4) is 0 Å². The van der Waals surface area contributed by atoms with Crippen molar-refractivity contribution in [1.29, 1.82) is 0 Å². The maximum absolute atomic E-state index is 4.37. The van der Waals surface area contributed by atoms with Gasteiger partial charge in [-0.25, -0.2) is 9.97 Å². The molecule has 1 aliphatic rings. The highest BCUT2D eigenvalue weighted by Crippen LogP contribution is 2.13. The topological polar surface area (TPSA) is 41.0 Å². The fraction of sp³-hybridized carbons (Fsp3) is 0.667. The van der Waals surface area contributed by atoms with Crippen LogP contribution in [0.25, 0.3) is 0 Å². The van der Waals surface area contributed by atoms with Crippen LogP contribution in [0.5, 0.6) is 0 Å². The zero-order chi connectivity index (χ0) is 11.4. The zero-order valence-corrected chi connectivity index (χ0v) is 10.1. The van der Waals surface area contributed by atoms with Gasteiger partial charge < -0.3 is 10.2 Å². The van der Waals surface area contributed by atoms with Crippen molar-refractivity contribution in [3.63, 3.8) is 0 Å². The predicted octanol–water partition coefficient (Wildman–Crippen LogP) is 1.23. The van der Waals surface area contributed by atoms with E-state index in [1.807, 2.05) is 0 Å². The average molecular weight is 220 g/mol. The number of nitrogens with one attached hydrogen (secondary N) is 1. The third kappa shape index (κ3) is 2.70. The summed E-state index contributed by atoms with van der Waals surface area (Å²) >= 11 is 0. The molecule has 0 aromatic carbocycles. The Balaban J connectivity index is 2.09. The highest BCUT2D eigenvalue weighted by atomic mass is 15.2. The van der Waals surface area contributed by atoms with Crippen molar-refractivity contribution >= 4 is 5.82 Å². The number of hydrogen-bond donors (Lipinski definition) is 1. The molecule has 0 amide bonds. The molecule has 1 atom stereocenters. The minimum atomic E-state index is 0.540. The SMILES string of the molecule is CCCc1cc(N2CCN[C@H](C)C2)ncn1. The first-order valence-electron chi connectivity index (χ1n) is 6.09. The van der Waals surface area contributed by atoms with Crippen LogP contribution in [0.1, 0.15) is 26.0 Å². The molecule has 1 aromatic rings. The summed E-state index contributed by atoms with van der Waals surface area (Å²) in [7, 11) is 0. The van der Waals surface area contributed by atoms with Gasteiger partial charge in [0.15, 0.2) is 0 Å². The van der Waals surface area contributed by atoms with Crippen molar-refractivity contribution < 1.29 is 0 Å². The fourth-order valence-electron chi connectivity index (χ4n) is 2.09. The molecule has 1 aliphatic heterocycles. The van der Waals surface area contributed by atoms with E-state index < -0.39 is 0 Å². The largest absolute Gasteiger partial charge is 0.354 e. The molecule has 4 nitrogen and oxygen atoms in total. The first kappa shape index (κ1) is 11.3. The Kier molecular flexibility index (Phi) is 3.72. The molecule has 1 aromatic heterocycles. The summed E-state index contributed by atoms with van der Waals surface area (Å²) in [5.41, 5.74) is 1.15. The molecule has 4 heteroatoms. The molecule has 0 spiro atoms. The lowest BCUT2D eigenvalue weighted by Gasteiger charge is -2.32. The lowest BCUT2D eigenvalue weighted by Crippen LogP contribution is -2.49. The molecular formula is C12H20N4. The van der Waals surface area contributed by atoms with E-state index in [4.69, 9.17) is 0 Å². The first-order chi connectivity index (χ1) is 7.79. The summed E-state index contributed by atoms with van der Waals surface area (Å²) in [5, 5.41) is 3.44. The normalized spacial score (nSPS) is 21.1. The van der Waals surface area contributed by atoms with Gasteiger partial charge in [0.25, 0.3) is 0 Å². The number of nitrogens with zero attached hydrogens (tertiary/aromatic N) is 3. The van der Waals surface area contributed by atoms with E-state index in [9.17, 15) is 0 Å². The average Bonchev–Trinajstić information content (AvgIpc) is 2.30. The molecule has 0 unspecified atom stereocenters. The summed E-state index contributed by atoms with van der Waals surface area (Å²) in [6.07, 6.45) is 3.86. The molecule has 1 fully saturated rings. The van der Waals surface area contributed by atoms with E-state index >= 15 is 0 Å². The fourth-order valence-corrected chi connectivity index (χ4v) is 2.09. The van der Waals surface area contributed by atoms with Gasteiger partial charge in [-0.15, -0.1) is 0 Å². The Labute approximate surface area is 97.1 Å². The minimum absolute atomic E-state index is 0.540. The Morgan fingerprint density at radius 2 is 2.38 bits per heavy atom. The van der Waals surface area contributed by atoms with Gasteiger partial charge in [0.05, 0.1) is 0 Å². The maximum atomic E-state index is 4.37. The van der Waals surface area contributed by atoms with Crippen LogP contribution >= 0.6 is 0 Å². The van der Waals surface area contributed by atoms with Crippen LogP contribution in [0.15, 0.2) is 12.4 Å². The number of piperazine rings is 1. The number of hydrogen-bond acceptors (Lipinski definition) is 4. The van der Waals surface area contributed by atoms with Crippen LogP contribution in [0.2, 0.25) is 0 Å². The Morgan fingerprint density at radius 1 is 1.50 bits per heavy atom. The van der Waals surface area contributed by atoms with E-state index in [0.717, 1.165) is 44.0 Å². The van der Waals surface area contributed by atoms with Gasteiger partial charge in [-0.3, -0.25) is 0 Å². The van der Waals surface area contributed by atoms with Crippen molar-refractivity contribution in [3.05, 3.63) is 18.1 Å². The zero-order valence-electron chi connectivity index (χ0n) is 10.1. The number of rotatable bonds is 3. The van der Waals surface area contributed by atoms with Crippen LogP contribution in [-0.4, -0.2) is 35.6 Å². The molecule has 0 bridgehead atoms. The minimum Gasteiger partial charge on any atom is -0.354 e. The molecule has 0 radical (unpaired) electrons. The molecule has 2 rings (SSSR count). The monoisotopic (exact) mass is 220 g/mol. The second-order valence-corrected chi connectivity index (χ2v) is 4.42. The number of anilines is 1. The van der Waals surface area contributed by atoms with Crippen molar-refractivity contribution in [2.45, 2.75) is 32.7 Å². The van der Waals surface area contributed by atoms with E-state index in [2.05, 4.69) is 40.1 Å². The summed E-state index contributed by atoms with van der Waals surface area (Å²) in [5.74, 6) is 1.08. The Hall–Kier alpha value is -1.16. The summed E-state index contributed by atoms with van der Waals surface area (Å²) in [6.45, 7) is 7.48. The highest BCUT2D eigenvalue weighted by Gasteiger charge is 2.16. The first-order valence-corrected chi connectivity index (χ1v) is 6.09. The Morgan fingerprint density at radius 3 is 3.12 bits per heavy atom. The summed E-state index contributed by atoms with van der Waals surface area (Å²) < 4.78 is 0. The van der Waals surface area contributed by atoms with Gasteiger partial charge in [-0.05, 0) is 13.3 Å². The molecule has 2 heterocycles. The number of aromatic nitrogens is 2. The predicted molar refractivity (Wildman–Crippen MR) is 65.7 cm³/mol. The van der Waals surface area contributed by atoms with Crippen molar-refractivity contribution in [2.24, 2.45) is 0 Å². The second-order valence-electron chi connectivity index (χ2n) is 4.42. The molecule has 1 N–H and O–H groups in total.